The summed E-state index contributed by atoms with van der Waals surface area (Å²) in [6.45, 7) is 5.10. The summed E-state index contributed by atoms with van der Waals surface area (Å²) in [6.07, 6.45) is 1.50. The number of nitrogens with zero attached hydrogens (tertiary/aromatic N) is 1. The van der Waals surface area contributed by atoms with E-state index in [4.69, 9.17) is 25.8 Å². The summed E-state index contributed by atoms with van der Waals surface area (Å²) < 4.78 is 18.0. The van der Waals surface area contributed by atoms with Crippen molar-refractivity contribution in [2.24, 2.45) is 5.10 Å². The molecule has 3 aromatic carbocycles. The molecule has 0 radical (unpaired) electrons. The Hall–Kier alpha value is -3.03. The lowest BCUT2D eigenvalue weighted by Gasteiger charge is -2.12. The topological polar surface area (TPSA) is 69.2 Å². The molecule has 0 heterocycles. The Morgan fingerprint density at radius 3 is 2.36 bits per heavy atom. The van der Waals surface area contributed by atoms with Gasteiger partial charge in [-0.15, -0.1) is 0 Å². The Morgan fingerprint density at radius 2 is 1.64 bits per heavy atom. The van der Waals surface area contributed by atoms with Crippen LogP contribution in [0.2, 0.25) is 5.02 Å². The van der Waals surface area contributed by atoms with Gasteiger partial charge < -0.3 is 14.2 Å². The van der Waals surface area contributed by atoms with Gasteiger partial charge in [-0.25, -0.2) is 5.43 Å². The molecule has 3 aromatic rings. The van der Waals surface area contributed by atoms with Gasteiger partial charge in [-0.2, -0.15) is 5.10 Å². The summed E-state index contributed by atoms with van der Waals surface area (Å²) in [5, 5.41) is 4.61. The van der Waals surface area contributed by atoms with Gasteiger partial charge in [0.2, 0.25) is 0 Å². The summed E-state index contributed by atoms with van der Waals surface area (Å²) in [5.41, 5.74) is 4.58. The quantitative estimate of drug-likeness (QED) is 0.248. The number of ether oxygens (including phenoxy) is 3. The zero-order valence-electron chi connectivity index (χ0n) is 18.3. The van der Waals surface area contributed by atoms with Gasteiger partial charge in [-0.05, 0) is 67.9 Å². The van der Waals surface area contributed by atoms with Crippen LogP contribution in [0.4, 0.5) is 0 Å². The number of hydrogen-bond acceptors (Lipinski definition) is 5. The van der Waals surface area contributed by atoms with Crippen LogP contribution < -0.4 is 19.6 Å². The fraction of sp³-hybridized carbons (Fsp3) is 0.200. The monoisotopic (exact) mass is 530 g/mol. The zero-order chi connectivity index (χ0) is 23.6. The maximum atomic E-state index is 12.6. The van der Waals surface area contributed by atoms with Crippen molar-refractivity contribution in [3.8, 4) is 17.2 Å². The van der Waals surface area contributed by atoms with E-state index in [0.29, 0.717) is 53.2 Å². The van der Waals surface area contributed by atoms with Crippen LogP contribution in [0.5, 0.6) is 17.2 Å². The largest absolute Gasteiger partial charge is 0.490 e. The van der Waals surface area contributed by atoms with E-state index in [1.54, 1.807) is 36.4 Å². The number of carbonyl (C=O) groups excluding carboxylic acids is 1. The second-order valence-corrected chi connectivity index (χ2v) is 8.18. The maximum absolute atomic E-state index is 12.6. The highest BCUT2D eigenvalue weighted by molar-refractivity contribution is 9.10. The van der Waals surface area contributed by atoms with Crippen LogP contribution in [0.25, 0.3) is 0 Å². The number of hydrogen-bond donors (Lipinski definition) is 1. The molecule has 3 rings (SSSR count). The first-order valence-electron chi connectivity index (χ1n) is 10.4. The third-order valence-electron chi connectivity index (χ3n) is 4.45. The molecule has 0 aromatic heterocycles. The second kappa shape index (κ2) is 12.3. The first-order chi connectivity index (χ1) is 16.0. The molecule has 0 unspecified atom stereocenters. The van der Waals surface area contributed by atoms with Crippen molar-refractivity contribution < 1.29 is 19.0 Å². The van der Waals surface area contributed by atoms with E-state index in [1.807, 2.05) is 38.1 Å². The van der Waals surface area contributed by atoms with Crippen LogP contribution in [0.15, 0.2) is 70.2 Å². The fourth-order valence-corrected chi connectivity index (χ4v) is 3.36. The normalized spacial score (nSPS) is 10.8. The molecule has 8 heteroatoms. The molecular formula is C25H24BrClN2O4. The molecule has 172 valence electrons. The van der Waals surface area contributed by atoms with E-state index in [9.17, 15) is 4.79 Å². The Morgan fingerprint density at radius 1 is 0.939 bits per heavy atom. The van der Waals surface area contributed by atoms with E-state index in [0.717, 1.165) is 10.0 Å². The number of carbonyl (C=O) groups is 1. The lowest BCUT2D eigenvalue weighted by molar-refractivity contribution is 0.0954. The summed E-state index contributed by atoms with van der Waals surface area (Å²) in [7, 11) is 0. The standard InChI is InChI=1S/C25H24BrClN2O4/c1-3-31-23-11-7-18(14-24(23)32-4-2)25(30)29-28-15-19-13-21(27)10-12-22(19)33-16-17-5-8-20(26)9-6-17/h5-15H,3-4,16H2,1-2H3,(H,29,30)/b28-15+. The third-order valence-corrected chi connectivity index (χ3v) is 5.22. The van der Waals surface area contributed by atoms with E-state index in [2.05, 4.69) is 26.5 Å². The van der Waals surface area contributed by atoms with Gasteiger partial charge in [0, 0.05) is 20.6 Å². The molecule has 0 spiro atoms. The Labute approximate surface area is 206 Å². The lowest BCUT2D eigenvalue weighted by Crippen LogP contribution is -2.18. The smallest absolute Gasteiger partial charge is 0.271 e. The van der Waals surface area contributed by atoms with Crippen molar-refractivity contribution >= 4 is 39.7 Å². The van der Waals surface area contributed by atoms with E-state index < -0.39 is 0 Å². The van der Waals surface area contributed by atoms with Gasteiger partial charge in [0.1, 0.15) is 12.4 Å². The molecular weight excluding hydrogens is 508 g/mol. The van der Waals surface area contributed by atoms with Crippen molar-refractivity contribution in [2.45, 2.75) is 20.5 Å². The first kappa shape index (κ1) is 24.6. The molecule has 0 aliphatic rings. The lowest BCUT2D eigenvalue weighted by atomic mass is 10.2. The zero-order valence-corrected chi connectivity index (χ0v) is 20.7. The molecule has 1 N–H and O–H groups in total. The molecule has 6 nitrogen and oxygen atoms in total. The van der Waals surface area contributed by atoms with Gasteiger partial charge in [0.05, 0.1) is 19.4 Å². The predicted octanol–water partition coefficient (Wildman–Crippen LogP) is 6.24. The summed E-state index contributed by atoms with van der Waals surface area (Å²) in [5.74, 6) is 1.31. The maximum Gasteiger partial charge on any atom is 0.271 e. The third kappa shape index (κ3) is 7.23. The van der Waals surface area contributed by atoms with E-state index in [1.165, 1.54) is 6.21 Å². The Balaban J connectivity index is 1.69. The Bertz CT molecular complexity index is 1120. The highest BCUT2D eigenvalue weighted by Gasteiger charge is 2.11. The number of nitrogens with one attached hydrogen (secondary N) is 1. The van der Waals surface area contributed by atoms with Gasteiger partial charge >= 0.3 is 0 Å². The van der Waals surface area contributed by atoms with Crippen molar-refractivity contribution in [1.29, 1.82) is 0 Å². The minimum absolute atomic E-state index is 0.380. The highest BCUT2D eigenvalue weighted by Crippen LogP contribution is 2.28. The molecule has 0 saturated carbocycles. The van der Waals surface area contributed by atoms with Crippen molar-refractivity contribution in [2.75, 3.05) is 13.2 Å². The molecule has 0 atom stereocenters. The number of hydrazone groups is 1. The molecule has 0 saturated heterocycles. The second-order valence-electron chi connectivity index (χ2n) is 6.82. The van der Waals surface area contributed by atoms with Gasteiger partial charge in [0.25, 0.3) is 5.91 Å². The number of benzene rings is 3. The first-order valence-corrected chi connectivity index (χ1v) is 11.6. The SMILES string of the molecule is CCOc1ccc(C(=O)N/N=C/c2cc(Cl)ccc2OCc2ccc(Br)cc2)cc1OCC. The number of amides is 1. The molecule has 0 bridgehead atoms. The minimum Gasteiger partial charge on any atom is -0.490 e. The van der Waals surface area contributed by atoms with Crippen LogP contribution in [0.3, 0.4) is 0 Å². The molecule has 0 fully saturated rings. The van der Waals surface area contributed by atoms with E-state index >= 15 is 0 Å². The number of halogens is 2. The van der Waals surface area contributed by atoms with Crippen molar-refractivity contribution in [1.82, 2.24) is 5.43 Å². The highest BCUT2D eigenvalue weighted by atomic mass is 79.9. The van der Waals surface area contributed by atoms with E-state index in [-0.39, 0.29) is 5.91 Å². The summed E-state index contributed by atoms with van der Waals surface area (Å²) >= 11 is 9.56. The minimum atomic E-state index is -0.380. The van der Waals surface area contributed by atoms with Gasteiger partial charge in [-0.3, -0.25) is 4.79 Å². The Kier molecular flexibility index (Phi) is 9.15. The van der Waals surface area contributed by atoms with Crippen LogP contribution in [-0.4, -0.2) is 25.3 Å². The van der Waals surface area contributed by atoms with Crippen LogP contribution in [0.1, 0.15) is 35.3 Å². The average molecular weight is 532 g/mol. The molecule has 0 aliphatic carbocycles. The predicted molar refractivity (Wildman–Crippen MR) is 134 cm³/mol. The van der Waals surface area contributed by atoms with Crippen molar-refractivity contribution in [3.63, 3.8) is 0 Å². The van der Waals surface area contributed by atoms with Gasteiger partial charge in [0.15, 0.2) is 11.5 Å². The molecule has 1 amide bonds. The summed E-state index contributed by atoms with van der Waals surface area (Å²) in [6, 6.07) is 18.1. The average Bonchev–Trinajstić information content (AvgIpc) is 2.81. The summed E-state index contributed by atoms with van der Waals surface area (Å²) in [4.78, 5) is 12.6. The van der Waals surface area contributed by atoms with Gasteiger partial charge in [-0.1, -0.05) is 39.7 Å². The van der Waals surface area contributed by atoms with Crippen LogP contribution in [-0.2, 0) is 6.61 Å². The molecule has 33 heavy (non-hydrogen) atoms. The fourth-order valence-electron chi connectivity index (χ4n) is 2.91. The van der Waals surface area contributed by atoms with Crippen LogP contribution >= 0.6 is 27.5 Å². The molecule has 0 aliphatic heterocycles. The van der Waals surface area contributed by atoms with Crippen molar-refractivity contribution in [3.05, 3.63) is 86.8 Å². The van der Waals surface area contributed by atoms with Crippen LogP contribution in [0, 0.1) is 0 Å². The number of rotatable bonds is 10.